The molecule has 3 N–H and O–H groups in total. The summed E-state index contributed by atoms with van der Waals surface area (Å²) < 4.78 is 32.4. The van der Waals surface area contributed by atoms with Crippen molar-refractivity contribution in [3.05, 3.63) is 60.8 Å². The van der Waals surface area contributed by atoms with Gasteiger partial charge < -0.3 is 29.1 Å². The molecule has 0 saturated heterocycles. The molecule has 0 radical (unpaired) electrons. The zero-order valence-electron chi connectivity index (χ0n) is 32.2. The molecule has 0 bridgehead atoms. The number of allylic oxidation sites excluding steroid dienone is 10. The Hall–Kier alpha value is -2.29. The molecule has 10 heteroatoms. The molecule has 9 nitrogen and oxygen atoms in total. The highest BCUT2D eigenvalue weighted by atomic mass is 31.2. The largest absolute Gasteiger partial charge is 0.756 e. The van der Waals surface area contributed by atoms with Gasteiger partial charge in [0.25, 0.3) is 7.82 Å². The summed E-state index contributed by atoms with van der Waals surface area (Å²) in [6.45, 7) is 3.73. The molecule has 294 valence electrons. The zero-order valence-corrected chi connectivity index (χ0v) is 33.1. The monoisotopic (exact) mass is 737 g/mol. The molecule has 0 fully saturated rings. The maximum Gasteiger partial charge on any atom is 0.306 e. The lowest BCUT2D eigenvalue weighted by Crippen LogP contribution is -2.52. The van der Waals surface area contributed by atoms with Gasteiger partial charge in [0.1, 0.15) is 13.2 Å². The molecular formula is C41H72NO8P. The van der Waals surface area contributed by atoms with Gasteiger partial charge in [-0.1, -0.05) is 126 Å². The van der Waals surface area contributed by atoms with Gasteiger partial charge in [0.15, 0.2) is 6.10 Å². The molecule has 0 aromatic carbocycles. The number of hydrogen-bond donors (Lipinski definition) is 1. The molecule has 51 heavy (non-hydrogen) atoms. The predicted octanol–water partition coefficient (Wildman–Crippen LogP) is 9.59. The number of quaternary nitrogens is 1. The minimum atomic E-state index is -4.59. The Labute approximate surface area is 310 Å². The van der Waals surface area contributed by atoms with Crippen molar-refractivity contribution >= 4 is 19.8 Å². The van der Waals surface area contributed by atoms with E-state index in [0.717, 1.165) is 89.9 Å². The predicted molar refractivity (Wildman–Crippen MR) is 207 cm³/mol. The summed E-state index contributed by atoms with van der Waals surface area (Å²) in [5.74, 6) is -0.888. The molecule has 1 unspecified atom stereocenters. The molecule has 0 saturated carbocycles. The average molecular weight is 738 g/mol. The van der Waals surface area contributed by atoms with Crippen molar-refractivity contribution in [2.45, 2.75) is 161 Å². The number of phosphoric ester groups is 1. The molecule has 0 spiro atoms. The van der Waals surface area contributed by atoms with Crippen LogP contribution in [0.25, 0.3) is 0 Å². The number of phosphoric acid groups is 1. The topological polar surface area (TPSA) is 139 Å². The standard InChI is InChI=1S/C41H72NO8P/c1-3-5-7-9-11-13-15-17-19-21-23-25-27-29-31-33-40(43)47-37-39(38-49-51(45,46)48-36-35-42)50-41(44)34-32-30-28-26-24-22-20-18-16-14-12-10-8-6-4-2/h6,8,11-14,17-20,39H,3-5,7,9-10,15-16,21-38,42H2,1-2H3,(H,45,46)/b8-6-,13-11-,14-12-,19-17-,20-18-/t39-/m1/s1. The first-order valence-electron chi connectivity index (χ1n) is 19.8. The third kappa shape index (κ3) is 37.3. The Kier molecular flexibility index (Phi) is 35.8. The lowest BCUT2D eigenvalue weighted by molar-refractivity contribution is -0.373. The first-order valence-corrected chi connectivity index (χ1v) is 21.3. The SMILES string of the molecule is CC/C=C\C/C=C\C/C=C\CCCCCCCC(=O)O[C@H](COC(=O)CCCCCCC/C=C\C/C=C\CCCCC)COP(=O)([O-])OCC[NH3+]. The number of unbranched alkanes of at least 4 members (excludes halogenated alkanes) is 13. The van der Waals surface area contributed by atoms with Crippen molar-refractivity contribution in [2.24, 2.45) is 0 Å². The Morgan fingerprint density at radius 1 is 0.608 bits per heavy atom. The fourth-order valence-electron chi connectivity index (χ4n) is 4.98. The van der Waals surface area contributed by atoms with Crippen molar-refractivity contribution in [1.82, 2.24) is 0 Å². The van der Waals surface area contributed by atoms with E-state index in [9.17, 15) is 19.0 Å². The lowest BCUT2D eigenvalue weighted by Gasteiger charge is -2.25. The second-order valence-electron chi connectivity index (χ2n) is 12.8. The van der Waals surface area contributed by atoms with E-state index in [1.54, 1.807) is 0 Å². The normalized spacial score (nSPS) is 14.0. The van der Waals surface area contributed by atoms with Crippen LogP contribution in [-0.4, -0.2) is 44.4 Å². The molecular weight excluding hydrogens is 665 g/mol. The minimum Gasteiger partial charge on any atom is -0.756 e. The van der Waals surface area contributed by atoms with E-state index >= 15 is 0 Å². The van der Waals surface area contributed by atoms with Crippen LogP contribution in [0.2, 0.25) is 0 Å². The Morgan fingerprint density at radius 2 is 1.08 bits per heavy atom. The number of carbonyl (C=O) groups excluding carboxylic acids is 2. The van der Waals surface area contributed by atoms with Gasteiger partial charge in [0, 0.05) is 12.8 Å². The maximum absolute atomic E-state index is 12.5. The third-order valence-corrected chi connectivity index (χ3v) is 8.87. The first kappa shape index (κ1) is 48.7. The smallest absolute Gasteiger partial charge is 0.306 e. The fraction of sp³-hybridized carbons (Fsp3) is 0.707. The lowest BCUT2D eigenvalue weighted by atomic mass is 10.1. The summed E-state index contributed by atoms with van der Waals surface area (Å²) in [6, 6.07) is 0. The number of ether oxygens (including phenoxy) is 2. The van der Waals surface area contributed by atoms with Crippen LogP contribution < -0.4 is 10.6 Å². The van der Waals surface area contributed by atoms with Crippen molar-refractivity contribution in [3.63, 3.8) is 0 Å². The van der Waals surface area contributed by atoms with E-state index < -0.39 is 32.5 Å². The number of esters is 2. The quantitative estimate of drug-likeness (QED) is 0.0290. The highest BCUT2D eigenvalue weighted by molar-refractivity contribution is 7.45. The highest BCUT2D eigenvalue weighted by Gasteiger charge is 2.21. The molecule has 0 aliphatic carbocycles. The molecule has 0 rings (SSSR count). The molecule has 0 aromatic rings. The molecule has 0 amide bonds. The molecule has 0 aliphatic rings. The van der Waals surface area contributed by atoms with Gasteiger partial charge in [-0.25, -0.2) is 0 Å². The van der Waals surface area contributed by atoms with Crippen LogP contribution in [0.3, 0.4) is 0 Å². The Bertz CT molecular complexity index is 1020. The second-order valence-corrected chi connectivity index (χ2v) is 14.2. The van der Waals surface area contributed by atoms with E-state index in [1.165, 1.54) is 25.7 Å². The summed E-state index contributed by atoms with van der Waals surface area (Å²) >= 11 is 0. The van der Waals surface area contributed by atoms with Gasteiger partial charge in [0.05, 0.1) is 13.2 Å². The molecule has 2 atom stereocenters. The first-order chi connectivity index (χ1) is 24.8. The van der Waals surface area contributed by atoms with Gasteiger partial charge in [-0.05, 0) is 77.0 Å². The second kappa shape index (κ2) is 37.5. The van der Waals surface area contributed by atoms with Crippen LogP contribution in [0.1, 0.15) is 155 Å². The average Bonchev–Trinajstić information content (AvgIpc) is 3.11. The van der Waals surface area contributed by atoms with Gasteiger partial charge in [0.2, 0.25) is 0 Å². The number of hydrogen-bond acceptors (Lipinski definition) is 8. The van der Waals surface area contributed by atoms with E-state index in [0.29, 0.717) is 12.8 Å². The summed E-state index contributed by atoms with van der Waals surface area (Å²) in [6.07, 6.45) is 42.4. The summed E-state index contributed by atoms with van der Waals surface area (Å²) in [4.78, 5) is 36.9. The number of carbonyl (C=O) groups is 2. The fourth-order valence-corrected chi connectivity index (χ4v) is 5.75. The van der Waals surface area contributed by atoms with Crippen molar-refractivity contribution in [2.75, 3.05) is 26.4 Å². The number of rotatable bonds is 36. The van der Waals surface area contributed by atoms with Gasteiger partial charge in [-0.3, -0.25) is 14.2 Å². The summed E-state index contributed by atoms with van der Waals surface area (Å²) in [5.41, 5.74) is 3.54. The van der Waals surface area contributed by atoms with E-state index in [4.69, 9.17) is 18.5 Å². The van der Waals surface area contributed by atoms with Crippen LogP contribution in [0.15, 0.2) is 60.8 Å². The summed E-state index contributed by atoms with van der Waals surface area (Å²) in [7, 11) is -4.59. The molecule has 0 aromatic heterocycles. The third-order valence-electron chi connectivity index (χ3n) is 7.90. The van der Waals surface area contributed by atoms with E-state index in [-0.39, 0.29) is 32.6 Å². The Balaban J connectivity index is 4.27. The van der Waals surface area contributed by atoms with Gasteiger partial charge >= 0.3 is 11.9 Å². The van der Waals surface area contributed by atoms with Crippen molar-refractivity contribution < 1.29 is 43.3 Å². The maximum atomic E-state index is 12.5. The van der Waals surface area contributed by atoms with Crippen LogP contribution in [0.4, 0.5) is 0 Å². The van der Waals surface area contributed by atoms with Gasteiger partial charge in [-0.15, -0.1) is 0 Å². The van der Waals surface area contributed by atoms with Crippen molar-refractivity contribution in [1.29, 1.82) is 0 Å². The van der Waals surface area contributed by atoms with Crippen LogP contribution in [0, 0.1) is 0 Å². The van der Waals surface area contributed by atoms with E-state index in [1.807, 2.05) is 0 Å². The highest BCUT2D eigenvalue weighted by Crippen LogP contribution is 2.38. The molecule has 0 heterocycles. The van der Waals surface area contributed by atoms with Crippen molar-refractivity contribution in [3.8, 4) is 0 Å². The van der Waals surface area contributed by atoms with Crippen LogP contribution in [0.5, 0.6) is 0 Å². The minimum absolute atomic E-state index is 0.112. The Morgan fingerprint density at radius 3 is 1.61 bits per heavy atom. The molecule has 0 aliphatic heterocycles. The van der Waals surface area contributed by atoms with Crippen LogP contribution in [-0.2, 0) is 32.7 Å². The van der Waals surface area contributed by atoms with E-state index in [2.05, 4.69) is 80.3 Å². The van der Waals surface area contributed by atoms with Gasteiger partial charge in [-0.2, -0.15) is 0 Å². The summed E-state index contributed by atoms with van der Waals surface area (Å²) in [5, 5.41) is 0. The van der Waals surface area contributed by atoms with Crippen LogP contribution >= 0.6 is 7.82 Å². The zero-order chi connectivity index (χ0) is 37.5.